The average Bonchev–Trinajstić information content (AvgIpc) is 2.62. The van der Waals surface area contributed by atoms with E-state index >= 15 is 0 Å². The first kappa shape index (κ1) is 10.1. The molecule has 0 spiro atoms. The first-order valence-electron chi connectivity index (χ1n) is 5.62. The number of rotatable bonds is 1. The van der Waals surface area contributed by atoms with Gasteiger partial charge in [0.2, 0.25) is 0 Å². The number of hydrogen-bond acceptors (Lipinski definition) is 1. The standard InChI is InChI=1S/C15H12FN/c16-13-8-6-11(7-9-13)15-10-12-4-2-1-3-5-14(12)17-15/h1-10,15,17H. The minimum Gasteiger partial charge on any atom is -0.374 e. The highest BCUT2D eigenvalue weighted by Gasteiger charge is 2.19. The molecule has 1 unspecified atom stereocenters. The van der Waals surface area contributed by atoms with Gasteiger partial charge in [-0.05, 0) is 35.4 Å². The maximum atomic E-state index is 12.9. The van der Waals surface area contributed by atoms with E-state index in [0.717, 1.165) is 11.3 Å². The fraction of sp³-hybridized carbons (Fsp3) is 0.0667. The summed E-state index contributed by atoms with van der Waals surface area (Å²) in [6, 6.07) is 6.75. The number of allylic oxidation sites excluding steroid dienone is 5. The van der Waals surface area contributed by atoms with Crippen LogP contribution in [0.15, 0.2) is 72.0 Å². The molecule has 1 N–H and O–H groups in total. The van der Waals surface area contributed by atoms with E-state index in [0.29, 0.717) is 0 Å². The second-order valence-corrected chi connectivity index (χ2v) is 4.12. The molecular weight excluding hydrogens is 213 g/mol. The molecule has 3 rings (SSSR count). The van der Waals surface area contributed by atoms with E-state index < -0.39 is 0 Å². The van der Waals surface area contributed by atoms with E-state index in [4.69, 9.17) is 0 Å². The molecule has 0 aromatic heterocycles. The minimum absolute atomic E-state index is 0.132. The molecule has 84 valence electrons. The Balaban J connectivity index is 1.92. The fourth-order valence-corrected chi connectivity index (χ4v) is 2.08. The number of benzene rings is 1. The molecule has 0 saturated heterocycles. The third-order valence-electron chi connectivity index (χ3n) is 2.96. The van der Waals surface area contributed by atoms with Crippen molar-refractivity contribution >= 4 is 0 Å². The van der Waals surface area contributed by atoms with Crippen LogP contribution < -0.4 is 5.32 Å². The highest BCUT2D eigenvalue weighted by molar-refractivity contribution is 5.50. The molecule has 2 aliphatic rings. The molecule has 0 saturated carbocycles. The van der Waals surface area contributed by atoms with Gasteiger partial charge in [0.15, 0.2) is 0 Å². The van der Waals surface area contributed by atoms with Crippen molar-refractivity contribution in [2.24, 2.45) is 0 Å². The molecule has 17 heavy (non-hydrogen) atoms. The Morgan fingerprint density at radius 3 is 2.65 bits per heavy atom. The van der Waals surface area contributed by atoms with Crippen LogP contribution in [0.25, 0.3) is 0 Å². The summed E-state index contributed by atoms with van der Waals surface area (Å²) in [5.41, 5.74) is 3.37. The van der Waals surface area contributed by atoms with Crippen molar-refractivity contribution in [3.05, 3.63) is 83.4 Å². The molecule has 1 aromatic carbocycles. The first-order valence-corrected chi connectivity index (χ1v) is 5.62. The lowest BCUT2D eigenvalue weighted by atomic mass is 10.1. The topological polar surface area (TPSA) is 12.0 Å². The number of nitrogens with one attached hydrogen (secondary N) is 1. The highest BCUT2D eigenvalue weighted by Crippen LogP contribution is 2.29. The molecule has 1 atom stereocenters. The number of fused-ring (bicyclic) bond motifs is 1. The fourth-order valence-electron chi connectivity index (χ4n) is 2.08. The van der Waals surface area contributed by atoms with Gasteiger partial charge in [-0.15, -0.1) is 0 Å². The Morgan fingerprint density at radius 2 is 1.82 bits per heavy atom. The summed E-state index contributed by atoms with van der Waals surface area (Å²) in [6.45, 7) is 0. The highest BCUT2D eigenvalue weighted by atomic mass is 19.1. The lowest BCUT2D eigenvalue weighted by molar-refractivity contribution is 0.625. The van der Waals surface area contributed by atoms with Gasteiger partial charge < -0.3 is 5.32 Å². The smallest absolute Gasteiger partial charge is 0.123 e. The van der Waals surface area contributed by atoms with Crippen molar-refractivity contribution in [1.29, 1.82) is 0 Å². The molecule has 2 heteroatoms. The third-order valence-corrected chi connectivity index (χ3v) is 2.96. The Morgan fingerprint density at radius 1 is 1.00 bits per heavy atom. The van der Waals surface area contributed by atoms with E-state index in [1.807, 2.05) is 30.4 Å². The van der Waals surface area contributed by atoms with Gasteiger partial charge >= 0.3 is 0 Å². The number of halogens is 1. The van der Waals surface area contributed by atoms with Crippen LogP contribution in [0.4, 0.5) is 4.39 Å². The molecule has 0 bridgehead atoms. The SMILES string of the molecule is Fc1ccc(C2C=C3C=CC=CC=C3N2)cc1. The summed E-state index contributed by atoms with van der Waals surface area (Å²) in [6.07, 6.45) is 12.3. The van der Waals surface area contributed by atoms with Crippen molar-refractivity contribution < 1.29 is 4.39 Å². The second kappa shape index (κ2) is 4.06. The van der Waals surface area contributed by atoms with Gasteiger partial charge in [0.25, 0.3) is 0 Å². The Bertz CT molecular complexity index is 547. The minimum atomic E-state index is -0.198. The number of hydrogen-bond donors (Lipinski definition) is 1. The summed E-state index contributed by atoms with van der Waals surface area (Å²) in [7, 11) is 0. The van der Waals surface area contributed by atoms with Crippen molar-refractivity contribution in [1.82, 2.24) is 5.32 Å². The van der Waals surface area contributed by atoms with Crippen LogP contribution in [-0.2, 0) is 0 Å². The third kappa shape index (κ3) is 1.94. The van der Waals surface area contributed by atoms with Gasteiger partial charge in [-0.1, -0.05) is 36.4 Å². The van der Waals surface area contributed by atoms with E-state index in [9.17, 15) is 4.39 Å². The lowest BCUT2D eigenvalue weighted by Gasteiger charge is -2.11. The molecule has 1 aliphatic carbocycles. The Labute approximate surface area is 99.7 Å². The van der Waals surface area contributed by atoms with Crippen LogP contribution in [-0.4, -0.2) is 0 Å². The summed E-state index contributed by atoms with van der Waals surface area (Å²) >= 11 is 0. The van der Waals surface area contributed by atoms with E-state index in [2.05, 4.69) is 23.5 Å². The van der Waals surface area contributed by atoms with Crippen molar-refractivity contribution in [3.8, 4) is 0 Å². The first-order chi connectivity index (χ1) is 8.33. The Kier molecular flexibility index (Phi) is 2.41. The van der Waals surface area contributed by atoms with Gasteiger partial charge in [-0.2, -0.15) is 0 Å². The lowest BCUT2D eigenvalue weighted by Crippen LogP contribution is -2.12. The zero-order valence-electron chi connectivity index (χ0n) is 9.23. The summed E-state index contributed by atoms with van der Waals surface area (Å²) in [4.78, 5) is 0. The molecule has 1 aliphatic heterocycles. The van der Waals surface area contributed by atoms with E-state index in [1.54, 1.807) is 0 Å². The second-order valence-electron chi connectivity index (χ2n) is 4.12. The normalized spacial score (nSPS) is 21.4. The largest absolute Gasteiger partial charge is 0.374 e. The molecule has 0 fully saturated rings. The van der Waals surface area contributed by atoms with Crippen LogP contribution in [0, 0.1) is 5.82 Å². The van der Waals surface area contributed by atoms with Gasteiger partial charge in [-0.25, -0.2) is 4.39 Å². The van der Waals surface area contributed by atoms with Gasteiger partial charge in [0, 0.05) is 5.70 Å². The maximum absolute atomic E-state index is 12.9. The van der Waals surface area contributed by atoms with Crippen LogP contribution in [0.1, 0.15) is 11.6 Å². The molecule has 0 amide bonds. The zero-order chi connectivity index (χ0) is 11.7. The average molecular weight is 225 g/mol. The molecular formula is C15H12FN. The molecule has 1 nitrogen and oxygen atoms in total. The predicted octanol–water partition coefficient (Wildman–Crippen LogP) is 3.41. The molecule has 1 aromatic rings. The zero-order valence-corrected chi connectivity index (χ0v) is 9.23. The quantitative estimate of drug-likeness (QED) is 0.772. The Hall–Kier alpha value is -2.09. The predicted molar refractivity (Wildman–Crippen MR) is 66.7 cm³/mol. The van der Waals surface area contributed by atoms with Crippen LogP contribution in [0.5, 0.6) is 0 Å². The maximum Gasteiger partial charge on any atom is 0.123 e. The molecule has 0 radical (unpaired) electrons. The van der Waals surface area contributed by atoms with E-state index in [-0.39, 0.29) is 11.9 Å². The van der Waals surface area contributed by atoms with E-state index in [1.165, 1.54) is 17.7 Å². The monoisotopic (exact) mass is 225 g/mol. The van der Waals surface area contributed by atoms with Crippen LogP contribution >= 0.6 is 0 Å². The van der Waals surface area contributed by atoms with Crippen molar-refractivity contribution in [2.75, 3.05) is 0 Å². The van der Waals surface area contributed by atoms with Gasteiger partial charge in [0.1, 0.15) is 5.82 Å². The van der Waals surface area contributed by atoms with Crippen molar-refractivity contribution in [2.45, 2.75) is 6.04 Å². The summed E-state index contributed by atoms with van der Waals surface area (Å²) < 4.78 is 12.9. The van der Waals surface area contributed by atoms with Crippen molar-refractivity contribution in [3.63, 3.8) is 0 Å². The van der Waals surface area contributed by atoms with Gasteiger partial charge in [-0.3, -0.25) is 0 Å². The van der Waals surface area contributed by atoms with Gasteiger partial charge in [0.05, 0.1) is 6.04 Å². The van der Waals surface area contributed by atoms with Crippen LogP contribution in [0.3, 0.4) is 0 Å². The summed E-state index contributed by atoms with van der Waals surface area (Å²) in [5.74, 6) is -0.198. The molecule has 1 heterocycles. The summed E-state index contributed by atoms with van der Waals surface area (Å²) in [5, 5.41) is 3.41. The van der Waals surface area contributed by atoms with Crippen LogP contribution in [0.2, 0.25) is 0 Å².